The summed E-state index contributed by atoms with van der Waals surface area (Å²) in [6, 6.07) is 4.58. The van der Waals surface area contributed by atoms with Crippen molar-refractivity contribution in [3.05, 3.63) is 29.6 Å². The van der Waals surface area contributed by atoms with E-state index < -0.39 is 13.7 Å². The molecule has 16 heavy (non-hydrogen) atoms. The maximum atomic E-state index is 7.53. The van der Waals surface area contributed by atoms with Crippen LogP contribution in [0.5, 0.6) is 0 Å². The fourth-order valence-electron chi connectivity index (χ4n) is 1.18. The molecule has 0 bridgehead atoms. The van der Waals surface area contributed by atoms with Crippen LogP contribution in [0, 0.1) is 0 Å². The van der Waals surface area contributed by atoms with Gasteiger partial charge in [-0.3, -0.25) is 9.98 Å². The molecule has 0 unspecified atom stereocenters. The number of aromatic nitrogens is 1. The quantitative estimate of drug-likeness (QED) is 0.723. The monoisotopic (exact) mass is 223 g/mol. The summed E-state index contributed by atoms with van der Waals surface area (Å²) >= 11 is 0. The zero-order chi connectivity index (χ0) is 17.0. The number of rotatable bonds is 4. The Balaban J connectivity index is 3.41. The molecule has 0 aliphatic carbocycles. The molecule has 86 valence electrons. The summed E-state index contributed by atoms with van der Waals surface area (Å²) < 4.78 is 45.2. The van der Waals surface area contributed by atoms with Crippen LogP contribution >= 0.6 is 0 Å². The average molecular weight is 223 g/mol. The Hall–Kier alpha value is -1.51. The maximum absolute atomic E-state index is 7.53. The van der Waals surface area contributed by atoms with Gasteiger partial charge >= 0.3 is 0 Å². The highest BCUT2D eigenvalue weighted by atomic mass is 14.8. The molecule has 0 aliphatic rings. The SMILES string of the molecule is [2H]C([2H])([2H])C(=NCC)c1cccc(C(=NCC)C([2H])([2H])[2H])n1. The molecule has 0 saturated heterocycles. The van der Waals surface area contributed by atoms with Gasteiger partial charge in [-0.1, -0.05) is 6.07 Å². The van der Waals surface area contributed by atoms with Crippen molar-refractivity contribution < 1.29 is 8.22 Å². The minimum absolute atomic E-state index is 0.127. The number of hydrogen-bond donors (Lipinski definition) is 0. The maximum Gasteiger partial charge on any atom is 0.0845 e. The van der Waals surface area contributed by atoms with Crippen molar-refractivity contribution in [1.29, 1.82) is 0 Å². The number of aliphatic imine (C=N–C) groups is 2. The number of nitrogens with zero attached hydrogens (tertiary/aromatic N) is 3. The molecule has 1 heterocycles. The van der Waals surface area contributed by atoms with Crippen LogP contribution in [-0.2, 0) is 0 Å². The molecule has 0 atom stereocenters. The Morgan fingerprint density at radius 1 is 1.12 bits per heavy atom. The highest BCUT2D eigenvalue weighted by Crippen LogP contribution is 2.03. The van der Waals surface area contributed by atoms with E-state index in [1.54, 1.807) is 19.9 Å². The second-order valence-electron chi connectivity index (χ2n) is 3.05. The molecular weight excluding hydrogens is 198 g/mol. The third-order valence-electron chi connectivity index (χ3n) is 1.87. The first kappa shape index (κ1) is 6.28. The summed E-state index contributed by atoms with van der Waals surface area (Å²) in [6.07, 6.45) is 0. The molecule has 3 heteroatoms. The van der Waals surface area contributed by atoms with Crippen LogP contribution in [0.3, 0.4) is 0 Å². The van der Waals surface area contributed by atoms with Crippen molar-refractivity contribution in [1.82, 2.24) is 4.98 Å². The van der Waals surface area contributed by atoms with Crippen LogP contribution in [0.25, 0.3) is 0 Å². The van der Waals surface area contributed by atoms with Crippen molar-refractivity contribution in [2.24, 2.45) is 9.98 Å². The van der Waals surface area contributed by atoms with Crippen LogP contribution in [-0.4, -0.2) is 29.5 Å². The van der Waals surface area contributed by atoms with Gasteiger partial charge in [-0.15, -0.1) is 0 Å². The molecule has 0 aliphatic heterocycles. The largest absolute Gasteiger partial charge is 0.288 e. The molecule has 1 rings (SSSR count). The Morgan fingerprint density at radius 2 is 1.62 bits per heavy atom. The van der Waals surface area contributed by atoms with Crippen LogP contribution < -0.4 is 0 Å². The fourth-order valence-corrected chi connectivity index (χ4v) is 1.18. The van der Waals surface area contributed by atoms with Crippen LogP contribution in [0.15, 0.2) is 28.2 Å². The van der Waals surface area contributed by atoms with Crippen LogP contribution in [0.4, 0.5) is 0 Å². The molecule has 0 saturated carbocycles. The van der Waals surface area contributed by atoms with Gasteiger partial charge < -0.3 is 0 Å². The molecule has 0 N–H and O–H groups in total. The molecule has 1 aromatic rings. The van der Waals surface area contributed by atoms with E-state index in [0.717, 1.165) is 0 Å². The second kappa shape index (κ2) is 6.16. The number of hydrogen-bond acceptors (Lipinski definition) is 3. The summed E-state index contributed by atoms with van der Waals surface area (Å²) in [4.78, 5) is 12.1. The van der Waals surface area contributed by atoms with Gasteiger partial charge in [0.2, 0.25) is 0 Å². The van der Waals surface area contributed by atoms with E-state index in [0.29, 0.717) is 13.1 Å². The smallest absolute Gasteiger partial charge is 0.0845 e. The highest BCUT2D eigenvalue weighted by molar-refractivity contribution is 6.00. The van der Waals surface area contributed by atoms with Gasteiger partial charge in [-0.2, -0.15) is 0 Å². The third kappa shape index (κ3) is 3.26. The summed E-state index contributed by atoms with van der Waals surface area (Å²) in [5.74, 6) is 0. The van der Waals surface area contributed by atoms with Gasteiger partial charge in [0.05, 0.1) is 22.8 Å². The Morgan fingerprint density at radius 3 is 2.00 bits per heavy atom. The van der Waals surface area contributed by atoms with E-state index in [2.05, 4.69) is 15.0 Å². The van der Waals surface area contributed by atoms with Gasteiger partial charge in [0.25, 0.3) is 0 Å². The van der Waals surface area contributed by atoms with E-state index >= 15 is 0 Å². The lowest BCUT2D eigenvalue weighted by Crippen LogP contribution is -2.05. The molecular formula is C13H19N3. The molecule has 0 radical (unpaired) electrons. The van der Waals surface area contributed by atoms with Gasteiger partial charge in [0, 0.05) is 21.3 Å². The van der Waals surface area contributed by atoms with Gasteiger partial charge in [0.1, 0.15) is 0 Å². The molecule has 0 spiro atoms. The number of pyridine rings is 1. The molecule has 0 aromatic carbocycles. The Bertz CT molecular complexity index is 525. The molecule has 3 nitrogen and oxygen atoms in total. The average Bonchev–Trinajstić information content (AvgIpc) is 2.39. The van der Waals surface area contributed by atoms with Crippen molar-refractivity contribution in [2.75, 3.05) is 13.1 Å². The van der Waals surface area contributed by atoms with Crippen LogP contribution in [0.2, 0.25) is 0 Å². The minimum atomic E-state index is -2.41. The van der Waals surface area contributed by atoms with Crippen molar-refractivity contribution in [3.8, 4) is 0 Å². The van der Waals surface area contributed by atoms with E-state index in [1.807, 2.05) is 0 Å². The lowest BCUT2D eigenvalue weighted by Gasteiger charge is -2.03. The van der Waals surface area contributed by atoms with Gasteiger partial charge in [-0.25, -0.2) is 4.98 Å². The normalized spacial score (nSPS) is 20.1. The predicted octanol–water partition coefficient (Wildman–Crippen LogP) is 2.74. The first-order valence-electron chi connectivity index (χ1n) is 8.19. The van der Waals surface area contributed by atoms with Crippen molar-refractivity contribution in [2.45, 2.75) is 27.6 Å². The first-order valence-corrected chi connectivity index (χ1v) is 5.19. The lowest BCUT2D eigenvalue weighted by molar-refractivity contribution is 1.10. The Labute approximate surface area is 106 Å². The lowest BCUT2D eigenvalue weighted by atomic mass is 10.2. The molecule has 0 amide bonds. The Kier molecular flexibility index (Phi) is 2.42. The second-order valence-corrected chi connectivity index (χ2v) is 3.05. The van der Waals surface area contributed by atoms with Crippen LogP contribution in [0.1, 0.15) is 47.2 Å². The van der Waals surface area contributed by atoms with Gasteiger partial charge in [0.15, 0.2) is 0 Å². The summed E-state index contributed by atoms with van der Waals surface area (Å²) in [7, 11) is 0. The zero-order valence-electron chi connectivity index (χ0n) is 15.5. The molecule has 0 fully saturated rings. The highest BCUT2D eigenvalue weighted by Gasteiger charge is 2.02. The minimum Gasteiger partial charge on any atom is -0.288 e. The van der Waals surface area contributed by atoms with E-state index in [9.17, 15) is 0 Å². The van der Waals surface area contributed by atoms with Crippen molar-refractivity contribution in [3.63, 3.8) is 0 Å². The predicted molar refractivity (Wildman–Crippen MR) is 69.7 cm³/mol. The summed E-state index contributed by atoms with van der Waals surface area (Å²) in [6.45, 7) is -0.777. The van der Waals surface area contributed by atoms with Crippen molar-refractivity contribution >= 4 is 11.4 Å². The van der Waals surface area contributed by atoms with E-state index in [1.165, 1.54) is 12.1 Å². The van der Waals surface area contributed by atoms with E-state index in [4.69, 9.17) is 8.22 Å². The molecule has 1 aromatic heterocycles. The van der Waals surface area contributed by atoms with E-state index in [-0.39, 0.29) is 22.8 Å². The topological polar surface area (TPSA) is 37.6 Å². The summed E-state index contributed by atoms with van der Waals surface area (Å²) in [5, 5.41) is 0. The zero-order valence-corrected chi connectivity index (χ0v) is 9.49. The first-order chi connectivity index (χ1) is 10.1. The standard InChI is InChI=1S/C13H19N3/c1-5-14-10(3)12-8-7-9-13(16-12)11(4)15-6-2/h7-9H,5-6H2,1-4H3/i3D3,4D3. The third-order valence-corrected chi connectivity index (χ3v) is 1.87. The van der Waals surface area contributed by atoms with Gasteiger partial charge in [-0.05, 0) is 39.7 Å². The fraction of sp³-hybridized carbons (Fsp3) is 0.462. The summed E-state index contributed by atoms with van der Waals surface area (Å²) in [5.41, 5.74) is 0.0382.